The number of aryl methyl sites for hydroxylation is 2. The predicted molar refractivity (Wildman–Crippen MR) is 89.3 cm³/mol. The van der Waals surface area contributed by atoms with Crippen molar-refractivity contribution >= 4 is 5.91 Å². The molecule has 1 heterocycles. The first-order valence-electron chi connectivity index (χ1n) is 8.22. The van der Waals surface area contributed by atoms with Gasteiger partial charge in [0.1, 0.15) is 5.75 Å². The minimum atomic E-state index is 0.104. The summed E-state index contributed by atoms with van der Waals surface area (Å²) in [5, 5.41) is 3.20. The lowest BCUT2D eigenvalue weighted by Gasteiger charge is -2.32. The van der Waals surface area contributed by atoms with Crippen molar-refractivity contribution in [1.82, 2.24) is 10.2 Å². The summed E-state index contributed by atoms with van der Waals surface area (Å²) in [6.07, 6.45) is 3.42. The second kappa shape index (κ2) is 8.18. The first-order chi connectivity index (χ1) is 10.6. The Bertz CT molecular complexity index is 494. The Balaban J connectivity index is 1.76. The van der Waals surface area contributed by atoms with Gasteiger partial charge in [0.25, 0.3) is 5.91 Å². The van der Waals surface area contributed by atoms with Crippen molar-refractivity contribution in [1.29, 1.82) is 0 Å². The molecule has 0 atom stereocenters. The van der Waals surface area contributed by atoms with Crippen LogP contribution >= 0.6 is 0 Å². The van der Waals surface area contributed by atoms with Gasteiger partial charge in [0.2, 0.25) is 0 Å². The molecule has 1 aromatic carbocycles. The third-order valence-corrected chi connectivity index (χ3v) is 4.45. The minimum absolute atomic E-state index is 0.104. The van der Waals surface area contributed by atoms with E-state index in [2.05, 4.69) is 18.3 Å². The summed E-state index contributed by atoms with van der Waals surface area (Å²) in [6.45, 7) is 7.01. The van der Waals surface area contributed by atoms with Crippen molar-refractivity contribution in [3.05, 3.63) is 29.3 Å². The first-order valence-corrected chi connectivity index (χ1v) is 8.22. The summed E-state index contributed by atoms with van der Waals surface area (Å²) in [5.41, 5.74) is 2.29. The van der Waals surface area contributed by atoms with E-state index in [-0.39, 0.29) is 12.5 Å². The molecule has 1 aromatic rings. The second-order valence-corrected chi connectivity index (χ2v) is 6.27. The van der Waals surface area contributed by atoms with Gasteiger partial charge in [0, 0.05) is 13.1 Å². The number of nitrogens with zero attached hydrogens (tertiary/aromatic N) is 1. The molecule has 0 spiro atoms. The highest BCUT2D eigenvalue weighted by Gasteiger charge is 2.22. The maximum absolute atomic E-state index is 12.3. The largest absolute Gasteiger partial charge is 0.484 e. The zero-order chi connectivity index (χ0) is 15.9. The molecule has 0 saturated carbocycles. The van der Waals surface area contributed by atoms with Crippen LogP contribution in [-0.2, 0) is 4.79 Å². The zero-order valence-electron chi connectivity index (χ0n) is 14.0. The molecule has 2 rings (SSSR count). The average Bonchev–Trinajstić information content (AvgIpc) is 2.52. The van der Waals surface area contributed by atoms with E-state index in [1.807, 2.05) is 31.0 Å². The van der Waals surface area contributed by atoms with E-state index in [0.717, 1.165) is 49.7 Å². The summed E-state index contributed by atoms with van der Waals surface area (Å²) in [6, 6.07) is 6.04. The van der Waals surface area contributed by atoms with Crippen molar-refractivity contribution in [3.63, 3.8) is 0 Å². The fourth-order valence-corrected chi connectivity index (χ4v) is 3.01. The van der Waals surface area contributed by atoms with Gasteiger partial charge >= 0.3 is 0 Å². The lowest BCUT2D eigenvalue weighted by Crippen LogP contribution is -2.41. The number of hydrogen-bond acceptors (Lipinski definition) is 3. The normalized spacial score (nSPS) is 15.9. The van der Waals surface area contributed by atoms with Gasteiger partial charge in [0.15, 0.2) is 6.61 Å². The van der Waals surface area contributed by atoms with E-state index in [9.17, 15) is 4.79 Å². The fraction of sp³-hybridized carbons (Fsp3) is 0.611. The number of carbonyl (C=O) groups excluding carboxylic acids is 1. The monoisotopic (exact) mass is 304 g/mol. The van der Waals surface area contributed by atoms with Gasteiger partial charge in [-0.3, -0.25) is 4.79 Å². The Labute approximate surface area is 133 Å². The fourth-order valence-electron chi connectivity index (χ4n) is 3.01. The SMILES string of the molecule is CNCCC1CCN(C(=O)COc2ccc(C)cc2C)CC1. The first kappa shape index (κ1) is 16.8. The smallest absolute Gasteiger partial charge is 0.260 e. The highest BCUT2D eigenvalue weighted by Crippen LogP contribution is 2.21. The lowest BCUT2D eigenvalue weighted by molar-refractivity contribution is -0.134. The molecule has 1 aliphatic heterocycles. The maximum Gasteiger partial charge on any atom is 0.260 e. The van der Waals surface area contributed by atoms with Crippen LogP contribution in [0.5, 0.6) is 5.75 Å². The van der Waals surface area contributed by atoms with Crippen molar-refractivity contribution in [2.24, 2.45) is 5.92 Å². The number of likely N-dealkylation sites (tertiary alicyclic amines) is 1. The standard InChI is InChI=1S/C18H28N2O2/c1-14-4-5-17(15(2)12-14)22-13-18(21)20-10-7-16(8-11-20)6-9-19-3/h4-5,12,16,19H,6-11,13H2,1-3H3. The summed E-state index contributed by atoms with van der Waals surface area (Å²) in [7, 11) is 1.99. The Morgan fingerprint density at radius 1 is 1.32 bits per heavy atom. The van der Waals surface area contributed by atoms with E-state index < -0.39 is 0 Å². The Hall–Kier alpha value is -1.55. The molecule has 0 unspecified atom stereocenters. The quantitative estimate of drug-likeness (QED) is 0.878. The van der Waals surface area contributed by atoms with E-state index in [4.69, 9.17) is 4.74 Å². The van der Waals surface area contributed by atoms with E-state index >= 15 is 0 Å². The third-order valence-electron chi connectivity index (χ3n) is 4.45. The highest BCUT2D eigenvalue weighted by atomic mass is 16.5. The number of carbonyl (C=O) groups is 1. The van der Waals surface area contributed by atoms with Crippen molar-refractivity contribution in [3.8, 4) is 5.75 Å². The van der Waals surface area contributed by atoms with Crippen LogP contribution in [0.1, 0.15) is 30.4 Å². The Morgan fingerprint density at radius 3 is 2.68 bits per heavy atom. The molecule has 1 N–H and O–H groups in total. The molecule has 1 fully saturated rings. The van der Waals surface area contributed by atoms with Crippen LogP contribution in [0.4, 0.5) is 0 Å². The molecule has 1 aliphatic rings. The van der Waals surface area contributed by atoms with Gasteiger partial charge in [-0.15, -0.1) is 0 Å². The van der Waals surface area contributed by atoms with E-state index in [0.29, 0.717) is 0 Å². The maximum atomic E-state index is 12.3. The second-order valence-electron chi connectivity index (χ2n) is 6.27. The molecule has 4 heteroatoms. The van der Waals surface area contributed by atoms with Gasteiger partial charge < -0.3 is 15.0 Å². The van der Waals surface area contributed by atoms with Crippen LogP contribution in [-0.4, -0.2) is 44.1 Å². The Kier molecular flexibility index (Phi) is 6.25. The minimum Gasteiger partial charge on any atom is -0.484 e. The summed E-state index contributed by atoms with van der Waals surface area (Å²) >= 11 is 0. The van der Waals surface area contributed by atoms with Crippen LogP contribution in [0.3, 0.4) is 0 Å². The van der Waals surface area contributed by atoms with E-state index in [1.54, 1.807) is 0 Å². The Morgan fingerprint density at radius 2 is 2.05 bits per heavy atom. The van der Waals surface area contributed by atoms with Crippen LogP contribution in [0.25, 0.3) is 0 Å². The molecule has 0 bridgehead atoms. The lowest BCUT2D eigenvalue weighted by atomic mass is 9.93. The molecular formula is C18H28N2O2. The van der Waals surface area contributed by atoms with Crippen LogP contribution < -0.4 is 10.1 Å². The number of benzene rings is 1. The van der Waals surface area contributed by atoms with Gasteiger partial charge in [-0.25, -0.2) is 0 Å². The number of rotatable bonds is 6. The van der Waals surface area contributed by atoms with Gasteiger partial charge in [0.05, 0.1) is 0 Å². The number of hydrogen-bond donors (Lipinski definition) is 1. The van der Waals surface area contributed by atoms with Crippen LogP contribution in [0, 0.1) is 19.8 Å². The molecule has 0 aliphatic carbocycles. The number of amides is 1. The van der Waals surface area contributed by atoms with Gasteiger partial charge in [-0.2, -0.15) is 0 Å². The third kappa shape index (κ3) is 4.73. The molecule has 4 nitrogen and oxygen atoms in total. The molecule has 22 heavy (non-hydrogen) atoms. The zero-order valence-corrected chi connectivity index (χ0v) is 14.0. The molecule has 122 valence electrons. The molecule has 0 aromatic heterocycles. The predicted octanol–water partition coefficient (Wildman–Crippen LogP) is 2.53. The molecular weight excluding hydrogens is 276 g/mol. The molecule has 0 radical (unpaired) electrons. The molecule has 1 amide bonds. The summed E-state index contributed by atoms with van der Waals surface area (Å²) < 4.78 is 5.70. The number of ether oxygens (including phenoxy) is 1. The van der Waals surface area contributed by atoms with Crippen molar-refractivity contribution in [2.45, 2.75) is 33.1 Å². The number of piperidine rings is 1. The van der Waals surface area contributed by atoms with Gasteiger partial charge in [-0.1, -0.05) is 17.7 Å². The van der Waals surface area contributed by atoms with E-state index in [1.165, 1.54) is 12.0 Å². The van der Waals surface area contributed by atoms with Crippen molar-refractivity contribution < 1.29 is 9.53 Å². The summed E-state index contributed by atoms with van der Waals surface area (Å²) in [5.74, 6) is 1.66. The van der Waals surface area contributed by atoms with Crippen molar-refractivity contribution in [2.75, 3.05) is 33.3 Å². The summed E-state index contributed by atoms with van der Waals surface area (Å²) in [4.78, 5) is 14.2. The van der Waals surface area contributed by atoms with Gasteiger partial charge in [-0.05, 0) is 64.3 Å². The average molecular weight is 304 g/mol. The number of nitrogens with one attached hydrogen (secondary N) is 1. The topological polar surface area (TPSA) is 41.6 Å². The highest BCUT2D eigenvalue weighted by molar-refractivity contribution is 5.77. The molecule has 1 saturated heterocycles. The van der Waals surface area contributed by atoms with Crippen LogP contribution in [0.2, 0.25) is 0 Å². The van der Waals surface area contributed by atoms with Crippen LogP contribution in [0.15, 0.2) is 18.2 Å².